The van der Waals surface area contributed by atoms with Gasteiger partial charge in [0.15, 0.2) is 0 Å². The van der Waals surface area contributed by atoms with Crippen LogP contribution in [0.1, 0.15) is 25.7 Å². The molecule has 2 aromatic rings. The fourth-order valence-electron chi connectivity index (χ4n) is 4.75. The molecule has 0 radical (unpaired) electrons. The lowest BCUT2D eigenvalue weighted by atomic mass is 9.98. The predicted molar refractivity (Wildman–Crippen MR) is 109 cm³/mol. The van der Waals surface area contributed by atoms with Gasteiger partial charge in [-0.25, -0.2) is 13.6 Å². The second kappa shape index (κ2) is 8.81. The molecule has 2 fully saturated rings. The van der Waals surface area contributed by atoms with Crippen LogP contribution in [0.15, 0.2) is 36.4 Å². The van der Waals surface area contributed by atoms with Crippen LogP contribution in [0, 0.1) is 11.6 Å². The SMILES string of the molecule is C[N+]1(C)[C@@H]2CC[C@H]1CC(OC(=O)Nc1ccc(F)cc1-c1ccc(F)c(Cl)c1)C2.[Br-]. The molecule has 2 heterocycles. The lowest BCUT2D eigenvalue weighted by Gasteiger charge is -2.43. The highest BCUT2D eigenvalue weighted by Gasteiger charge is 2.49. The molecule has 2 saturated heterocycles. The highest BCUT2D eigenvalue weighted by Crippen LogP contribution is 2.40. The lowest BCUT2D eigenvalue weighted by Crippen LogP contribution is -3.00. The monoisotopic (exact) mass is 500 g/mol. The molecule has 162 valence electrons. The zero-order chi connectivity index (χ0) is 20.8. The van der Waals surface area contributed by atoms with E-state index < -0.39 is 17.7 Å². The van der Waals surface area contributed by atoms with Crippen molar-refractivity contribution < 1.29 is 39.8 Å². The Morgan fingerprint density at radius 2 is 1.77 bits per heavy atom. The molecule has 2 aliphatic heterocycles. The molecular formula is C22H24BrClF2N2O2. The summed E-state index contributed by atoms with van der Waals surface area (Å²) in [5.74, 6) is -1.03. The van der Waals surface area contributed by atoms with Crippen LogP contribution in [0.2, 0.25) is 5.02 Å². The van der Waals surface area contributed by atoms with Crippen molar-refractivity contribution in [3.8, 4) is 11.1 Å². The molecule has 1 N–H and O–H groups in total. The molecule has 2 bridgehead atoms. The Morgan fingerprint density at radius 1 is 1.10 bits per heavy atom. The first-order chi connectivity index (χ1) is 13.7. The zero-order valence-corrected chi connectivity index (χ0v) is 19.1. The Kier molecular flexibility index (Phi) is 6.75. The molecule has 2 aromatic carbocycles. The summed E-state index contributed by atoms with van der Waals surface area (Å²) >= 11 is 5.86. The number of rotatable bonds is 3. The minimum Gasteiger partial charge on any atom is -1.00 e. The molecule has 0 spiro atoms. The number of amides is 1. The van der Waals surface area contributed by atoms with Crippen molar-refractivity contribution in [1.82, 2.24) is 0 Å². The average Bonchev–Trinajstić information content (AvgIpc) is 2.83. The number of halogens is 4. The number of fused-ring (bicyclic) bond motifs is 2. The van der Waals surface area contributed by atoms with Gasteiger partial charge >= 0.3 is 6.09 Å². The molecule has 1 unspecified atom stereocenters. The van der Waals surface area contributed by atoms with E-state index in [0.717, 1.165) is 30.2 Å². The summed E-state index contributed by atoms with van der Waals surface area (Å²) in [5.41, 5.74) is 1.29. The van der Waals surface area contributed by atoms with E-state index in [-0.39, 0.29) is 28.1 Å². The zero-order valence-electron chi connectivity index (χ0n) is 16.8. The number of carbonyl (C=O) groups is 1. The number of nitrogens with zero attached hydrogens (tertiary/aromatic N) is 1. The van der Waals surface area contributed by atoms with Gasteiger partial charge in [0.2, 0.25) is 0 Å². The number of carbonyl (C=O) groups excluding carboxylic acids is 1. The minimum atomic E-state index is -0.567. The van der Waals surface area contributed by atoms with Crippen LogP contribution in [-0.4, -0.2) is 42.9 Å². The molecule has 0 saturated carbocycles. The number of benzene rings is 2. The van der Waals surface area contributed by atoms with Crippen molar-refractivity contribution in [3.63, 3.8) is 0 Å². The summed E-state index contributed by atoms with van der Waals surface area (Å²) in [5, 5.41) is 2.65. The Bertz CT molecular complexity index is 941. The highest BCUT2D eigenvalue weighted by molar-refractivity contribution is 6.31. The Hall–Kier alpha value is -1.70. The molecule has 4 rings (SSSR count). The van der Waals surface area contributed by atoms with Crippen molar-refractivity contribution in [2.75, 3.05) is 19.4 Å². The third-order valence-corrected chi connectivity index (χ3v) is 6.80. The van der Waals surface area contributed by atoms with Gasteiger partial charge in [0.05, 0.1) is 36.9 Å². The van der Waals surface area contributed by atoms with E-state index >= 15 is 0 Å². The van der Waals surface area contributed by atoms with Gasteiger partial charge in [-0.1, -0.05) is 17.7 Å². The average molecular weight is 502 g/mol. The number of hydrogen-bond donors (Lipinski definition) is 1. The van der Waals surface area contributed by atoms with E-state index in [1.54, 1.807) is 0 Å². The Morgan fingerprint density at radius 3 is 2.40 bits per heavy atom. The smallest absolute Gasteiger partial charge is 0.411 e. The van der Waals surface area contributed by atoms with Crippen molar-refractivity contribution in [3.05, 3.63) is 53.1 Å². The van der Waals surface area contributed by atoms with Crippen LogP contribution in [0.25, 0.3) is 11.1 Å². The first kappa shape index (κ1) is 23.0. The first-order valence-corrected chi connectivity index (χ1v) is 10.2. The van der Waals surface area contributed by atoms with Gasteiger partial charge in [-0.2, -0.15) is 0 Å². The Labute approximate surface area is 190 Å². The van der Waals surface area contributed by atoms with Crippen molar-refractivity contribution in [2.45, 2.75) is 43.9 Å². The molecule has 3 atom stereocenters. The normalized spacial score (nSPS) is 24.1. The molecule has 0 aromatic heterocycles. The molecule has 1 amide bonds. The number of piperidine rings is 1. The number of hydrogen-bond acceptors (Lipinski definition) is 2. The van der Waals surface area contributed by atoms with Gasteiger partial charge in [-0.3, -0.25) is 5.32 Å². The van der Waals surface area contributed by atoms with E-state index in [0.29, 0.717) is 28.9 Å². The standard InChI is InChI=1S/C22H23ClF2N2O2.BrH/c1-27(2)15-5-6-16(27)12-17(11-15)29-22(28)26-21-8-4-14(24)10-18(21)13-3-7-20(25)19(23)9-13;/h3-4,7-10,15-17H,5-6,11-12H2,1-2H3;1H/t15-,16+,17?;. The third-order valence-electron chi connectivity index (χ3n) is 6.51. The van der Waals surface area contributed by atoms with Crippen LogP contribution < -0.4 is 22.3 Å². The van der Waals surface area contributed by atoms with E-state index in [9.17, 15) is 13.6 Å². The van der Waals surface area contributed by atoms with E-state index in [1.807, 2.05) is 0 Å². The second-order valence-electron chi connectivity index (χ2n) is 8.46. The molecule has 30 heavy (non-hydrogen) atoms. The van der Waals surface area contributed by atoms with Crippen molar-refractivity contribution in [1.29, 1.82) is 0 Å². The number of nitrogens with one attached hydrogen (secondary N) is 1. The topological polar surface area (TPSA) is 38.3 Å². The van der Waals surface area contributed by atoms with Crippen LogP contribution in [-0.2, 0) is 4.74 Å². The fourth-order valence-corrected chi connectivity index (χ4v) is 4.93. The summed E-state index contributed by atoms with van der Waals surface area (Å²) < 4.78 is 34.0. The quantitative estimate of drug-likeness (QED) is 0.657. The highest BCUT2D eigenvalue weighted by atomic mass is 79.9. The van der Waals surface area contributed by atoms with Crippen molar-refractivity contribution in [2.24, 2.45) is 0 Å². The van der Waals surface area contributed by atoms with Gasteiger partial charge in [-0.05, 0) is 35.9 Å². The summed E-state index contributed by atoms with van der Waals surface area (Å²) in [7, 11) is 4.49. The van der Waals surface area contributed by atoms with Gasteiger partial charge in [-0.15, -0.1) is 0 Å². The maximum atomic E-state index is 13.8. The molecule has 4 nitrogen and oxygen atoms in total. The Balaban J connectivity index is 0.00000256. The second-order valence-corrected chi connectivity index (χ2v) is 8.86. The molecular weight excluding hydrogens is 478 g/mol. The van der Waals surface area contributed by atoms with Gasteiger partial charge in [0, 0.05) is 31.2 Å². The van der Waals surface area contributed by atoms with Gasteiger partial charge in [0.25, 0.3) is 0 Å². The minimum absolute atomic E-state index is 0. The summed E-state index contributed by atoms with van der Waals surface area (Å²) in [6.45, 7) is 0. The maximum Gasteiger partial charge on any atom is 0.411 e. The van der Waals surface area contributed by atoms with Crippen LogP contribution in [0.5, 0.6) is 0 Å². The largest absolute Gasteiger partial charge is 1.00 e. The van der Waals surface area contributed by atoms with Crippen LogP contribution in [0.4, 0.5) is 19.3 Å². The van der Waals surface area contributed by atoms with Crippen molar-refractivity contribution >= 4 is 23.4 Å². The molecule has 8 heteroatoms. The van der Waals surface area contributed by atoms with Gasteiger partial charge in [0.1, 0.15) is 17.7 Å². The van der Waals surface area contributed by atoms with E-state index in [4.69, 9.17) is 16.3 Å². The summed E-state index contributed by atoms with van der Waals surface area (Å²) in [4.78, 5) is 12.5. The molecule has 2 aliphatic rings. The lowest BCUT2D eigenvalue weighted by molar-refractivity contribution is -0.931. The van der Waals surface area contributed by atoms with Crippen LogP contribution >= 0.6 is 11.6 Å². The fraction of sp³-hybridized carbons (Fsp3) is 0.409. The predicted octanol–water partition coefficient (Wildman–Crippen LogP) is 2.61. The summed E-state index contributed by atoms with van der Waals surface area (Å²) in [6, 6.07) is 9.12. The maximum absolute atomic E-state index is 13.8. The van der Waals surface area contributed by atoms with Gasteiger partial charge < -0.3 is 26.2 Å². The van der Waals surface area contributed by atoms with Crippen LogP contribution in [0.3, 0.4) is 0 Å². The third kappa shape index (κ3) is 4.48. The number of ether oxygens (including phenoxy) is 1. The molecule has 0 aliphatic carbocycles. The number of anilines is 1. The van der Waals surface area contributed by atoms with E-state index in [1.165, 1.54) is 36.4 Å². The number of quaternary nitrogens is 1. The first-order valence-electron chi connectivity index (χ1n) is 9.80. The van der Waals surface area contributed by atoms with E-state index in [2.05, 4.69) is 19.4 Å². The summed E-state index contributed by atoms with van der Waals surface area (Å²) in [6.07, 6.45) is 3.33.